The Bertz CT molecular complexity index is 1020. The highest BCUT2D eigenvalue weighted by Gasteiger charge is 2.20. The Morgan fingerprint density at radius 1 is 0.821 bits per heavy atom. The van der Waals surface area contributed by atoms with Crippen molar-refractivity contribution in [3.05, 3.63) is 90.5 Å². The van der Waals surface area contributed by atoms with E-state index in [9.17, 15) is 8.42 Å². The van der Waals surface area contributed by atoms with Gasteiger partial charge in [-0.1, -0.05) is 48.5 Å². The number of nitrogens with one attached hydrogen (secondary N) is 2. The number of sulfonamides is 1. The summed E-state index contributed by atoms with van der Waals surface area (Å²) in [5, 5.41) is 6.56. The molecular weight excluding hydrogens is 390 g/mol. The van der Waals surface area contributed by atoms with Crippen LogP contribution in [0.1, 0.15) is 5.56 Å². The lowest BCUT2D eigenvalue weighted by atomic mass is 10.2. The zero-order valence-electron chi connectivity index (χ0n) is 15.4. The number of benzene rings is 3. The third-order valence-corrected chi connectivity index (χ3v) is 6.12. The molecule has 2 N–H and O–H groups in total. The molecule has 144 valence electrons. The van der Waals surface area contributed by atoms with Gasteiger partial charge in [0.2, 0.25) is 10.0 Å². The molecule has 0 aliphatic heterocycles. The minimum Gasteiger partial charge on any atom is -0.332 e. The largest absolute Gasteiger partial charge is 0.332 e. The Labute approximate surface area is 171 Å². The number of anilines is 2. The lowest BCUT2D eigenvalue weighted by molar-refractivity contribution is 0.467. The zero-order chi connectivity index (χ0) is 20.0. The predicted octanol–water partition coefficient (Wildman–Crippen LogP) is 4.32. The molecule has 0 radical (unpaired) electrons. The molecular formula is C21H21N3O2S2. The molecule has 7 heteroatoms. The van der Waals surface area contributed by atoms with E-state index in [2.05, 4.69) is 10.6 Å². The molecule has 0 saturated carbocycles. The summed E-state index contributed by atoms with van der Waals surface area (Å²) in [5.74, 6) is 0. The number of hydrogen-bond donors (Lipinski definition) is 2. The van der Waals surface area contributed by atoms with E-state index in [1.165, 1.54) is 4.31 Å². The maximum absolute atomic E-state index is 12.8. The highest BCUT2D eigenvalue weighted by Crippen LogP contribution is 2.19. The van der Waals surface area contributed by atoms with Crippen molar-refractivity contribution >= 4 is 38.7 Å². The molecule has 0 bridgehead atoms. The van der Waals surface area contributed by atoms with E-state index in [1.54, 1.807) is 31.3 Å². The Morgan fingerprint density at radius 3 is 1.89 bits per heavy atom. The summed E-state index contributed by atoms with van der Waals surface area (Å²) in [6.45, 7) is 0.314. The average molecular weight is 412 g/mol. The van der Waals surface area contributed by atoms with E-state index >= 15 is 0 Å². The SMILES string of the molecule is CN(Cc1ccccc1)S(=O)(=O)c1ccc(NC(=S)Nc2ccccc2)cc1. The van der Waals surface area contributed by atoms with Gasteiger partial charge in [0.1, 0.15) is 0 Å². The summed E-state index contributed by atoms with van der Waals surface area (Å²) in [4.78, 5) is 0.235. The van der Waals surface area contributed by atoms with Crippen LogP contribution in [0.15, 0.2) is 89.8 Å². The quantitative estimate of drug-likeness (QED) is 0.592. The van der Waals surface area contributed by atoms with E-state index in [-0.39, 0.29) is 4.90 Å². The molecule has 0 aliphatic rings. The first-order valence-electron chi connectivity index (χ1n) is 8.68. The lowest BCUT2D eigenvalue weighted by Crippen LogP contribution is -2.26. The third-order valence-electron chi connectivity index (χ3n) is 4.10. The molecule has 5 nitrogen and oxygen atoms in total. The summed E-state index contributed by atoms with van der Waals surface area (Å²) in [6.07, 6.45) is 0. The van der Waals surface area contributed by atoms with Gasteiger partial charge in [-0.05, 0) is 54.2 Å². The molecule has 3 rings (SSSR count). The van der Waals surface area contributed by atoms with E-state index in [0.29, 0.717) is 17.3 Å². The molecule has 0 unspecified atom stereocenters. The van der Waals surface area contributed by atoms with Crippen molar-refractivity contribution in [2.45, 2.75) is 11.4 Å². The summed E-state index contributed by atoms with van der Waals surface area (Å²) >= 11 is 5.29. The first kappa shape index (κ1) is 20.0. The van der Waals surface area contributed by atoms with Crippen molar-refractivity contribution in [1.82, 2.24) is 4.31 Å². The molecule has 0 saturated heterocycles. The molecule has 3 aromatic carbocycles. The van der Waals surface area contributed by atoms with Gasteiger partial charge in [0.05, 0.1) is 4.90 Å². The molecule has 28 heavy (non-hydrogen) atoms. The lowest BCUT2D eigenvalue weighted by Gasteiger charge is -2.18. The number of para-hydroxylation sites is 1. The summed E-state index contributed by atoms with van der Waals surface area (Å²) in [6, 6.07) is 25.6. The maximum atomic E-state index is 12.8. The normalized spacial score (nSPS) is 11.2. The van der Waals surface area contributed by atoms with Gasteiger partial charge in [-0.15, -0.1) is 0 Å². The molecule has 0 atom stereocenters. The Hall–Kier alpha value is -2.74. The van der Waals surface area contributed by atoms with Crippen LogP contribution in [0.25, 0.3) is 0 Å². The molecule has 0 spiro atoms. The van der Waals surface area contributed by atoms with Crippen LogP contribution < -0.4 is 10.6 Å². The van der Waals surface area contributed by atoms with Gasteiger partial charge in [-0.25, -0.2) is 8.42 Å². The van der Waals surface area contributed by atoms with Crippen LogP contribution in [0.5, 0.6) is 0 Å². The second kappa shape index (κ2) is 8.97. The highest BCUT2D eigenvalue weighted by atomic mass is 32.2. The van der Waals surface area contributed by atoms with Crippen molar-refractivity contribution in [3.63, 3.8) is 0 Å². The molecule has 3 aromatic rings. The van der Waals surface area contributed by atoms with E-state index in [0.717, 1.165) is 11.3 Å². The first-order chi connectivity index (χ1) is 13.4. The minimum absolute atomic E-state index is 0.235. The first-order valence-corrected chi connectivity index (χ1v) is 10.5. The second-order valence-corrected chi connectivity index (χ2v) is 8.67. The molecule has 0 heterocycles. The van der Waals surface area contributed by atoms with Crippen LogP contribution in [0, 0.1) is 0 Å². The monoisotopic (exact) mass is 411 g/mol. The van der Waals surface area contributed by atoms with Crippen LogP contribution in [0.3, 0.4) is 0 Å². The highest BCUT2D eigenvalue weighted by molar-refractivity contribution is 7.89. The number of rotatable bonds is 6. The fraction of sp³-hybridized carbons (Fsp3) is 0.0952. The Balaban J connectivity index is 1.65. The van der Waals surface area contributed by atoms with Crippen molar-refractivity contribution in [1.29, 1.82) is 0 Å². The van der Waals surface area contributed by atoms with E-state index in [4.69, 9.17) is 12.2 Å². The maximum Gasteiger partial charge on any atom is 0.243 e. The number of thiocarbonyl (C=S) groups is 1. The van der Waals surface area contributed by atoms with E-state index < -0.39 is 10.0 Å². The predicted molar refractivity (Wildman–Crippen MR) is 118 cm³/mol. The fourth-order valence-corrected chi connectivity index (χ4v) is 4.03. The van der Waals surface area contributed by atoms with Gasteiger partial charge < -0.3 is 10.6 Å². The second-order valence-electron chi connectivity index (χ2n) is 6.22. The zero-order valence-corrected chi connectivity index (χ0v) is 17.0. The third kappa shape index (κ3) is 5.16. The molecule has 0 aromatic heterocycles. The minimum atomic E-state index is -3.57. The molecule has 0 aliphatic carbocycles. The number of nitrogens with zero attached hydrogens (tertiary/aromatic N) is 1. The van der Waals surface area contributed by atoms with Crippen LogP contribution >= 0.6 is 12.2 Å². The molecule has 0 amide bonds. The van der Waals surface area contributed by atoms with Crippen LogP contribution in [-0.2, 0) is 16.6 Å². The van der Waals surface area contributed by atoms with Crippen LogP contribution in [0.4, 0.5) is 11.4 Å². The summed E-state index contributed by atoms with van der Waals surface area (Å²) < 4.78 is 26.9. The van der Waals surface area contributed by atoms with Gasteiger partial charge in [0.15, 0.2) is 5.11 Å². The summed E-state index contributed by atoms with van der Waals surface area (Å²) in [5.41, 5.74) is 2.52. The van der Waals surface area contributed by atoms with Gasteiger partial charge in [0, 0.05) is 25.0 Å². The van der Waals surface area contributed by atoms with Crippen molar-refractivity contribution in [2.24, 2.45) is 0 Å². The van der Waals surface area contributed by atoms with Crippen LogP contribution in [-0.4, -0.2) is 24.9 Å². The van der Waals surface area contributed by atoms with Crippen LogP contribution in [0.2, 0.25) is 0 Å². The smallest absolute Gasteiger partial charge is 0.243 e. The molecule has 0 fully saturated rings. The Morgan fingerprint density at radius 2 is 1.32 bits per heavy atom. The number of hydrogen-bond acceptors (Lipinski definition) is 3. The van der Waals surface area contributed by atoms with Gasteiger partial charge in [0.25, 0.3) is 0 Å². The van der Waals surface area contributed by atoms with Crippen molar-refractivity contribution < 1.29 is 8.42 Å². The summed E-state index contributed by atoms with van der Waals surface area (Å²) in [7, 11) is -2.00. The van der Waals surface area contributed by atoms with E-state index in [1.807, 2.05) is 60.7 Å². The fourth-order valence-electron chi connectivity index (χ4n) is 2.63. The van der Waals surface area contributed by atoms with Crippen molar-refractivity contribution in [3.8, 4) is 0 Å². The standard InChI is InChI=1S/C21H21N3O2S2/c1-24(16-17-8-4-2-5-9-17)28(25,26)20-14-12-19(13-15-20)23-21(27)22-18-10-6-3-7-11-18/h2-15H,16H2,1H3,(H2,22,23,27). The Kier molecular flexibility index (Phi) is 6.41. The topological polar surface area (TPSA) is 61.4 Å². The van der Waals surface area contributed by atoms with Crippen molar-refractivity contribution in [2.75, 3.05) is 17.7 Å². The van der Waals surface area contributed by atoms with Gasteiger partial charge >= 0.3 is 0 Å². The average Bonchev–Trinajstić information content (AvgIpc) is 2.70. The van der Waals surface area contributed by atoms with Gasteiger partial charge in [-0.3, -0.25) is 0 Å². The van der Waals surface area contributed by atoms with Gasteiger partial charge in [-0.2, -0.15) is 4.31 Å².